The monoisotopic (exact) mass is 246 g/mol. The molecule has 1 aromatic rings. The van der Waals surface area contributed by atoms with Crippen molar-refractivity contribution in [2.45, 2.75) is 25.5 Å². The molecule has 0 bridgehead atoms. The van der Waals surface area contributed by atoms with Crippen molar-refractivity contribution in [2.24, 2.45) is 0 Å². The highest BCUT2D eigenvalue weighted by atomic mass is 16.4. The maximum absolute atomic E-state index is 11.2. The van der Waals surface area contributed by atoms with Crippen LogP contribution >= 0.6 is 0 Å². The molecule has 0 aliphatic carbocycles. The first-order valence-corrected chi connectivity index (χ1v) is 5.72. The number of hydrogen-bond donors (Lipinski definition) is 2. The number of hydrogen-bond acceptors (Lipinski definition) is 4. The summed E-state index contributed by atoms with van der Waals surface area (Å²) in [6, 6.07) is 6.56. The highest BCUT2D eigenvalue weighted by Gasteiger charge is 2.37. The van der Waals surface area contributed by atoms with Crippen LogP contribution in [-0.2, 0) is 4.79 Å². The number of rotatable bonds is 2. The Labute approximate surface area is 105 Å². The summed E-state index contributed by atoms with van der Waals surface area (Å²) in [6.45, 7) is 2.08. The van der Waals surface area contributed by atoms with Gasteiger partial charge in [-0.1, -0.05) is 12.1 Å². The Bertz CT molecular complexity index is 521. The van der Waals surface area contributed by atoms with Crippen LogP contribution in [0.5, 0.6) is 0 Å². The van der Waals surface area contributed by atoms with E-state index in [0.29, 0.717) is 11.3 Å². The van der Waals surface area contributed by atoms with Crippen LogP contribution in [0.2, 0.25) is 0 Å². The van der Waals surface area contributed by atoms with Crippen LogP contribution in [0, 0.1) is 18.3 Å². The Kier molecular flexibility index (Phi) is 3.21. The fraction of sp³-hybridized carbons (Fsp3) is 0.385. The van der Waals surface area contributed by atoms with E-state index in [4.69, 9.17) is 5.26 Å². The third-order valence-electron chi connectivity index (χ3n) is 3.21. The van der Waals surface area contributed by atoms with Gasteiger partial charge in [-0.15, -0.1) is 0 Å². The van der Waals surface area contributed by atoms with Gasteiger partial charge in [-0.25, -0.2) is 4.79 Å². The van der Waals surface area contributed by atoms with Crippen LogP contribution < -0.4 is 4.90 Å². The third-order valence-corrected chi connectivity index (χ3v) is 3.21. The number of β-amino-alcohol motifs (C(OH)–C–C–N with tert-alkyl or cyclic N) is 1. The second-order valence-corrected chi connectivity index (χ2v) is 4.48. The second-order valence-electron chi connectivity index (χ2n) is 4.48. The maximum atomic E-state index is 11.2. The zero-order valence-electron chi connectivity index (χ0n) is 10.00. The van der Waals surface area contributed by atoms with E-state index in [9.17, 15) is 15.0 Å². The molecule has 0 aromatic heterocycles. The smallest absolute Gasteiger partial charge is 0.326 e. The number of aliphatic carboxylic acids is 1. The summed E-state index contributed by atoms with van der Waals surface area (Å²) in [5, 5.41) is 27.9. The van der Waals surface area contributed by atoms with Crippen LogP contribution in [0.3, 0.4) is 0 Å². The van der Waals surface area contributed by atoms with Gasteiger partial charge in [-0.3, -0.25) is 0 Å². The Morgan fingerprint density at radius 3 is 2.89 bits per heavy atom. The zero-order chi connectivity index (χ0) is 13.3. The van der Waals surface area contributed by atoms with Crippen molar-refractivity contribution in [3.63, 3.8) is 0 Å². The van der Waals surface area contributed by atoms with Gasteiger partial charge in [0.15, 0.2) is 0 Å². The molecule has 5 nitrogen and oxygen atoms in total. The van der Waals surface area contributed by atoms with Crippen molar-refractivity contribution in [3.8, 4) is 6.07 Å². The minimum Gasteiger partial charge on any atom is -0.480 e. The van der Waals surface area contributed by atoms with E-state index in [1.165, 1.54) is 0 Å². The number of carboxylic acid groups (broad SMARTS) is 1. The van der Waals surface area contributed by atoms with Gasteiger partial charge in [0.2, 0.25) is 0 Å². The summed E-state index contributed by atoms with van der Waals surface area (Å²) in [5.74, 6) is -0.973. The summed E-state index contributed by atoms with van der Waals surface area (Å²) >= 11 is 0. The molecule has 0 amide bonds. The number of nitrogens with zero attached hydrogens (tertiary/aromatic N) is 2. The topological polar surface area (TPSA) is 84.6 Å². The number of aliphatic hydroxyl groups is 1. The van der Waals surface area contributed by atoms with Crippen molar-refractivity contribution < 1.29 is 15.0 Å². The zero-order valence-corrected chi connectivity index (χ0v) is 10.00. The molecule has 2 N–H and O–H groups in total. The minimum absolute atomic E-state index is 0.189. The molecule has 2 unspecified atom stereocenters. The van der Waals surface area contributed by atoms with Gasteiger partial charge in [0.25, 0.3) is 0 Å². The van der Waals surface area contributed by atoms with Gasteiger partial charge in [-0.2, -0.15) is 5.26 Å². The van der Waals surface area contributed by atoms with E-state index in [1.807, 2.05) is 13.0 Å². The lowest BCUT2D eigenvalue weighted by Crippen LogP contribution is -2.36. The van der Waals surface area contributed by atoms with Crippen LogP contribution in [0.4, 0.5) is 5.69 Å². The number of nitriles is 1. The molecule has 2 atom stereocenters. The van der Waals surface area contributed by atoms with Gasteiger partial charge >= 0.3 is 5.97 Å². The van der Waals surface area contributed by atoms with E-state index in [-0.39, 0.29) is 13.0 Å². The number of aryl methyl sites for hydroxylation is 1. The molecular weight excluding hydrogens is 232 g/mol. The summed E-state index contributed by atoms with van der Waals surface area (Å²) in [4.78, 5) is 12.8. The molecule has 1 aliphatic heterocycles. The minimum atomic E-state index is -0.973. The lowest BCUT2D eigenvalue weighted by atomic mass is 10.1. The first kappa shape index (κ1) is 12.4. The van der Waals surface area contributed by atoms with E-state index < -0.39 is 18.1 Å². The quantitative estimate of drug-likeness (QED) is 0.809. The van der Waals surface area contributed by atoms with Crippen molar-refractivity contribution in [2.75, 3.05) is 11.4 Å². The highest BCUT2D eigenvalue weighted by molar-refractivity contribution is 5.81. The molecule has 5 heteroatoms. The highest BCUT2D eigenvalue weighted by Crippen LogP contribution is 2.31. The lowest BCUT2D eigenvalue weighted by molar-refractivity contribution is -0.138. The maximum Gasteiger partial charge on any atom is 0.326 e. The van der Waals surface area contributed by atoms with Gasteiger partial charge in [0.1, 0.15) is 12.1 Å². The molecule has 18 heavy (non-hydrogen) atoms. The normalized spacial score (nSPS) is 22.8. The second kappa shape index (κ2) is 4.67. The number of aliphatic hydroxyl groups excluding tert-OH is 1. The molecule has 94 valence electrons. The van der Waals surface area contributed by atoms with Gasteiger partial charge in [-0.05, 0) is 18.6 Å². The van der Waals surface area contributed by atoms with Crippen molar-refractivity contribution in [1.82, 2.24) is 0 Å². The number of benzene rings is 1. The summed E-state index contributed by atoms with van der Waals surface area (Å²) in [6.07, 6.45) is -0.480. The number of anilines is 1. The molecule has 0 saturated carbocycles. The summed E-state index contributed by atoms with van der Waals surface area (Å²) < 4.78 is 0. The number of carbonyl (C=O) groups is 1. The van der Waals surface area contributed by atoms with Crippen LogP contribution in [0.1, 0.15) is 17.5 Å². The van der Waals surface area contributed by atoms with E-state index in [0.717, 1.165) is 5.56 Å². The van der Waals surface area contributed by atoms with Crippen LogP contribution in [0.15, 0.2) is 18.2 Å². The standard InChI is InChI=1S/C13H14N2O3/c1-8-3-2-4-9(6-14)12(8)15-7-10(16)5-11(15)13(17)18/h2-4,10-11,16H,5,7H2,1H3,(H,17,18). The van der Waals surface area contributed by atoms with Gasteiger partial charge in [0.05, 0.1) is 17.4 Å². The first-order chi connectivity index (χ1) is 8.54. The largest absolute Gasteiger partial charge is 0.480 e. The molecule has 1 heterocycles. The molecular formula is C13H14N2O3. The average Bonchev–Trinajstić information content (AvgIpc) is 2.70. The molecule has 2 rings (SSSR count). The fourth-order valence-corrected chi connectivity index (χ4v) is 2.43. The molecule has 1 saturated heterocycles. The van der Waals surface area contributed by atoms with E-state index in [1.54, 1.807) is 17.0 Å². The summed E-state index contributed by atoms with van der Waals surface area (Å²) in [5.41, 5.74) is 1.90. The van der Waals surface area contributed by atoms with Crippen molar-refractivity contribution in [3.05, 3.63) is 29.3 Å². The van der Waals surface area contributed by atoms with Crippen LogP contribution in [-0.4, -0.2) is 34.9 Å². The van der Waals surface area contributed by atoms with E-state index in [2.05, 4.69) is 6.07 Å². The molecule has 1 fully saturated rings. The Morgan fingerprint density at radius 1 is 1.56 bits per heavy atom. The third kappa shape index (κ3) is 2.03. The number of para-hydroxylation sites is 1. The average molecular weight is 246 g/mol. The Balaban J connectivity index is 2.48. The molecule has 0 radical (unpaired) electrons. The first-order valence-electron chi connectivity index (χ1n) is 5.72. The van der Waals surface area contributed by atoms with Gasteiger partial charge < -0.3 is 15.1 Å². The number of carboxylic acids is 1. The van der Waals surface area contributed by atoms with E-state index >= 15 is 0 Å². The SMILES string of the molecule is Cc1cccc(C#N)c1N1CC(O)CC1C(=O)O. The molecule has 1 aromatic carbocycles. The predicted octanol–water partition coefficient (Wildman–Crippen LogP) is 0.891. The Morgan fingerprint density at radius 2 is 2.28 bits per heavy atom. The molecule has 0 spiro atoms. The van der Waals surface area contributed by atoms with Crippen molar-refractivity contribution >= 4 is 11.7 Å². The lowest BCUT2D eigenvalue weighted by Gasteiger charge is -2.26. The van der Waals surface area contributed by atoms with Crippen molar-refractivity contribution in [1.29, 1.82) is 5.26 Å². The Hall–Kier alpha value is -2.06. The van der Waals surface area contributed by atoms with Gasteiger partial charge in [0, 0.05) is 13.0 Å². The fourth-order valence-electron chi connectivity index (χ4n) is 2.43. The van der Waals surface area contributed by atoms with Crippen LogP contribution in [0.25, 0.3) is 0 Å². The summed E-state index contributed by atoms with van der Waals surface area (Å²) in [7, 11) is 0. The molecule has 1 aliphatic rings. The predicted molar refractivity (Wildman–Crippen MR) is 65.3 cm³/mol.